The molecule has 1 atom stereocenters. The van der Waals surface area contributed by atoms with Crippen LogP contribution in [0.2, 0.25) is 0 Å². The van der Waals surface area contributed by atoms with Crippen LogP contribution in [0.4, 0.5) is 18.0 Å². The molecule has 1 fully saturated rings. The Hall–Kier alpha value is -1.73. The Kier molecular flexibility index (Phi) is 4.12. The van der Waals surface area contributed by atoms with Gasteiger partial charge in [0.15, 0.2) is 5.41 Å². The fourth-order valence-corrected chi connectivity index (χ4v) is 1.85. The molecule has 0 radical (unpaired) electrons. The molecular weight excluding hydrogens is 265 g/mol. The number of hydrogen-bond donors (Lipinski definition) is 2. The third-order valence-electron chi connectivity index (χ3n) is 3.05. The second kappa shape index (κ2) is 5.10. The maximum absolute atomic E-state index is 12.9. The van der Waals surface area contributed by atoms with Crippen molar-refractivity contribution in [3.05, 3.63) is 12.2 Å². The van der Waals surface area contributed by atoms with Crippen molar-refractivity contribution in [3.63, 3.8) is 0 Å². The van der Waals surface area contributed by atoms with Crippen molar-refractivity contribution >= 4 is 12.0 Å². The van der Waals surface area contributed by atoms with Crippen molar-refractivity contribution < 1.29 is 27.9 Å². The minimum absolute atomic E-state index is 0.140. The molecule has 108 valence electrons. The second-order valence-electron chi connectivity index (χ2n) is 4.67. The molecular formula is C11H15F3N2O3. The maximum Gasteiger partial charge on any atom is 0.406 e. The summed E-state index contributed by atoms with van der Waals surface area (Å²) in [7, 11) is 0. The lowest BCUT2D eigenvalue weighted by molar-refractivity contribution is -0.226. The van der Waals surface area contributed by atoms with Gasteiger partial charge in [-0.15, -0.1) is 0 Å². The Morgan fingerprint density at radius 3 is 2.42 bits per heavy atom. The molecule has 0 spiro atoms. The minimum Gasteiger partial charge on any atom is -0.481 e. The van der Waals surface area contributed by atoms with E-state index in [1.165, 1.54) is 0 Å². The lowest BCUT2D eigenvalue weighted by Gasteiger charge is -2.27. The summed E-state index contributed by atoms with van der Waals surface area (Å²) in [6, 6.07) is -0.713. The molecule has 8 heteroatoms. The highest BCUT2D eigenvalue weighted by Gasteiger charge is 2.64. The summed E-state index contributed by atoms with van der Waals surface area (Å²) in [5, 5.41) is 11.2. The van der Waals surface area contributed by atoms with E-state index < -0.39 is 36.6 Å². The number of alkyl halides is 3. The van der Waals surface area contributed by atoms with Crippen molar-refractivity contribution in [1.82, 2.24) is 10.2 Å². The number of likely N-dealkylation sites (tertiary alicyclic amines) is 1. The second-order valence-corrected chi connectivity index (χ2v) is 4.67. The highest BCUT2D eigenvalue weighted by molar-refractivity contribution is 5.80. The van der Waals surface area contributed by atoms with Gasteiger partial charge in [0.25, 0.3) is 0 Å². The number of carbonyl (C=O) groups is 2. The first-order valence-corrected chi connectivity index (χ1v) is 5.57. The molecule has 0 saturated carbocycles. The first-order chi connectivity index (χ1) is 8.60. The average molecular weight is 280 g/mol. The van der Waals surface area contributed by atoms with Crippen LogP contribution < -0.4 is 5.32 Å². The van der Waals surface area contributed by atoms with Crippen LogP contribution in [0, 0.1) is 5.41 Å². The number of aliphatic carboxylic acids is 1. The van der Waals surface area contributed by atoms with Crippen molar-refractivity contribution in [3.8, 4) is 0 Å². The van der Waals surface area contributed by atoms with Gasteiger partial charge < -0.3 is 15.3 Å². The molecule has 1 aliphatic rings. The third kappa shape index (κ3) is 2.99. The normalized spacial score (nSPS) is 23.3. The van der Waals surface area contributed by atoms with Gasteiger partial charge in [-0.2, -0.15) is 13.2 Å². The summed E-state index contributed by atoms with van der Waals surface area (Å²) < 4.78 is 38.6. The van der Waals surface area contributed by atoms with Crippen molar-refractivity contribution in [2.24, 2.45) is 5.41 Å². The summed E-state index contributed by atoms with van der Waals surface area (Å²) in [6.07, 6.45) is -5.52. The molecule has 1 aliphatic heterocycles. The summed E-state index contributed by atoms with van der Waals surface area (Å²) in [4.78, 5) is 23.4. The van der Waals surface area contributed by atoms with Gasteiger partial charge in [0.1, 0.15) is 0 Å². The van der Waals surface area contributed by atoms with Gasteiger partial charge in [0.05, 0.1) is 0 Å². The van der Waals surface area contributed by atoms with Crippen LogP contribution in [0.25, 0.3) is 0 Å². The fourth-order valence-electron chi connectivity index (χ4n) is 1.85. The van der Waals surface area contributed by atoms with Gasteiger partial charge in [-0.3, -0.25) is 4.79 Å². The topological polar surface area (TPSA) is 69.6 Å². The predicted octanol–water partition coefficient (Wildman–Crippen LogP) is 1.61. The number of nitrogens with zero attached hydrogens (tertiary/aromatic N) is 1. The average Bonchev–Trinajstić information content (AvgIpc) is 2.71. The molecule has 2 N–H and O–H groups in total. The van der Waals surface area contributed by atoms with E-state index in [9.17, 15) is 22.8 Å². The number of rotatable bonds is 3. The Bertz CT molecular complexity index is 408. The number of urea groups is 1. The predicted molar refractivity (Wildman–Crippen MR) is 60.5 cm³/mol. The Morgan fingerprint density at radius 2 is 2.05 bits per heavy atom. The molecule has 0 aliphatic carbocycles. The molecule has 1 unspecified atom stereocenters. The quantitative estimate of drug-likeness (QED) is 0.772. The maximum atomic E-state index is 12.9. The van der Waals surface area contributed by atoms with Gasteiger partial charge in [-0.05, 0) is 13.3 Å². The smallest absolute Gasteiger partial charge is 0.406 e. The third-order valence-corrected chi connectivity index (χ3v) is 3.05. The lowest BCUT2D eigenvalue weighted by atomic mass is 9.86. The number of carboxylic acid groups (broad SMARTS) is 1. The van der Waals surface area contributed by atoms with E-state index in [2.05, 4.69) is 11.9 Å². The van der Waals surface area contributed by atoms with Crippen LogP contribution in [-0.4, -0.2) is 47.8 Å². The number of amides is 2. The van der Waals surface area contributed by atoms with Gasteiger partial charge in [0.2, 0.25) is 0 Å². The first-order valence-electron chi connectivity index (χ1n) is 5.57. The standard InChI is InChI=1S/C11H15F3N2O3/c1-7(2)5-15-9(19)16-4-3-10(6-16,8(17)18)11(12,13)14/h1,3-6H2,2H3,(H,15,19)(H,17,18). The van der Waals surface area contributed by atoms with Gasteiger partial charge in [-0.25, -0.2) is 4.79 Å². The van der Waals surface area contributed by atoms with E-state index >= 15 is 0 Å². The minimum atomic E-state index is -4.89. The molecule has 1 heterocycles. The van der Waals surface area contributed by atoms with E-state index in [1.807, 2.05) is 0 Å². The molecule has 0 aromatic carbocycles. The highest BCUT2D eigenvalue weighted by Crippen LogP contribution is 2.45. The molecule has 0 bridgehead atoms. The number of hydrogen-bond acceptors (Lipinski definition) is 2. The van der Waals surface area contributed by atoms with Crippen LogP contribution in [0.5, 0.6) is 0 Å². The Labute approximate surface area is 108 Å². The van der Waals surface area contributed by atoms with Crippen LogP contribution in [0.3, 0.4) is 0 Å². The SMILES string of the molecule is C=C(C)CNC(=O)N1CCC(C(=O)O)(C(F)(F)F)C1. The zero-order chi connectivity index (χ0) is 14.8. The fraction of sp³-hybridized carbons (Fsp3) is 0.636. The molecule has 0 aromatic heterocycles. The number of carbonyl (C=O) groups excluding carboxylic acids is 1. The molecule has 1 saturated heterocycles. The number of halogens is 3. The highest BCUT2D eigenvalue weighted by atomic mass is 19.4. The number of carboxylic acids is 1. The Balaban J connectivity index is 2.78. The molecule has 1 rings (SSSR count). The van der Waals surface area contributed by atoms with Gasteiger partial charge >= 0.3 is 18.2 Å². The zero-order valence-corrected chi connectivity index (χ0v) is 10.4. The van der Waals surface area contributed by atoms with Crippen LogP contribution >= 0.6 is 0 Å². The van der Waals surface area contributed by atoms with E-state index in [4.69, 9.17) is 5.11 Å². The molecule has 0 aromatic rings. The lowest BCUT2D eigenvalue weighted by Crippen LogP contribution is -2.49. The van der Waals surface area contributed by atoms with Gasteiger partial charge in [0, 0.05) is 19.6 Å². The van der Waals surface area contributed by atoms with Crippen LogP contribution in [-0.2, 0) is 4.79 Å². The van der Waals surface area contributed by atoms with Crippen molar-refractivity contribution in [2.75, 3.05) is 19.6 Å². The van der Waals surface area contributed by atoms with Gasteiger partial charge in [-0.1, -0.05) is 12.2 Å². The van der Waals surface area contributed by atoms with E-state index in [1.54, 1.807) is 6.92 Å². The largest absolute Gasteiger partial charge is 0.481 e. The van der Waals surface area contributed by atoms with E-state index in [0.717, 1.165) is 4.90 Å². The molecule has 19 heavy (non-hydrogen) atoms. The summed E-state index contributed by atoms with van der Waals surface area (Å²) in [5.41, 5.74) is -2.22. The summed E-state index contributed by atoms with van der Waals surface area (Å²) in [5.74, 6) is -1.95. The zero-order valence-electron chi connectivity index (χ0n) is 10.4. The van der Waals surface area contributed by atoms with Crippen molar-refractivity contribution in [2.45, 2.75) is 19.5 Å². The summed E-state index contributed by atoms with van der Waals surface area (Å²) >= 11 is 0. The Morgan fingerprint density at radius 1 is 1.47 bits per heavy atom. The van der Waals surface area contributed by atoms with Crippen LogP contribution in [0.1, 0.15) is 13.3 Å². The van der Waals surface area contributed by atoms with E-state index in [-0.39, 0.29) is 13.1 Å². The van der Waals surface area contributed by atoms with E-state index in [0.29, 0.717) is 5.57 Å². The molecule has 2 amide bonds. The van der Waals surface area contributed by atoms with Crippen LogP contribution in [0.15, 0.2) is 12.2 Å². The van der Waals surface area contributed by atoms with Crippen molar-refractivity contribution in [1.29, 1.82) is 0 Å². The molecule has 5 nitrogen and oxygen atoms in total. The number of nitrogens with one attached hydrogen (secondary N) is 1. The first kappa shape index (κ1) is 15.3. The monoisotopic (exact) mass is 280 g/mol. The summed E-state index contributed by atoms with van der Waals surface area (Å²) in [6.45, 7) is 4.23.